The van der Waals surface area contributed by atoms with Crippen molar-refractivity contribution in [1.82, 2.24) is 14.9 Å². The van der Waals surface area contributed by atoms with E-state index in [4.69, 9.17) is 4.98 Å². The second-order valence-corrected chi connectivity index (χ2v) is 7.32. The van der Waals surface area contributed by atoms with Gasteiger partial charge in [0.05, 0.1) is 5.69 Å². The van der Waals surface area contributed by atoms with Gasteiger partial charge in [-0.3, -0.25) is 0 Å². The summed E-state index contributed by atoms with van der Waals surface area (Å²) in [4.78, 5) is 4.76. The molecule has 4 bridgehead atoms. The maximum Gasteiger partial charge on any atom is 0.106 e. The predicted octanol–water partition coefficient (Wildman–Crippen LogP) is 2.84. The van der Waals surface area contributed by atoms with Gasteiger partial charge in [-0.25, -0.2) is 4.98 Å². The summed E-state index contributed by atoms with van der Waals surface area (Å²) in [5.41, 5.74) is 1.63. The second kappa shape index (κ2) is 4.08. The Hall–Kier alpha value is -0.830. The third-order valence-electron chi connectivity index (χ3n) is 5.81. The van der Waals surface area contributed by atoms with Crippen LogP contribution in [0.4, 0.5) is 0 Å². The fraction of sp³-hybridized carbons (Fsp3) is 0.812. The maximum absolute atomic E-state index is 4.76. The van der Waals surface area contributed by atoms with Crippen molar-refractivity contribution in [2.24, 2.45) is 17.8 Å². The highest BCUT2D eigenvalue weighted by Gasteiger charge is 2.52. The summed E-state index contributed by atoms with van der Waals surface area (Å²) in [5, 5.41) is 3.22. The van der Waals surface area contributed by atoms with E-state index < -0.39 is 0 Å². The van der Waals surface area contributed by atoms with Crippen LogP contribution >= 0.6 is 0 Å². The highest BCUT2D eigenvalue weighted by Crippen LogP contribution is 2.59. The van der Waals surface area contributed by atoms with Crippen molar-refractivity contribution in [2.45, 2.75) is 57.5 Å². The lowest BCUT2D eigenvalue weighted by Gasteiger charge is -2.57. The van der Waals surface area contributed by atoms with Crippen molar-refractivity contribution in [3.63, 3.8) is 0 Å². The molecule has 0 spiro atoms. The first-order chi connectivity index (χ1) is 9.18. The van der Waals surface area contributed by atoms with Crippen LogP contribution in [0, 0.1) is 24.7 Å². The normalized spacial score (nSPS) is 40.0. The Morgan fingerprint density at radius 1 is 1.21 bits per heavy atom. The minimum absolute atomic E-state index is 0.428. The summed E-state index contributed by atoms with van der Waals surface area (Å²) in [7, 11) is 2.00. The molecule has 1 N–H and O–H groups in total. The monoisotopic (exact) mass is 259 g/mol. The number of aromatic nitrogens is 2. The van der Waals surface area contributed by atoms with Gasteiger partial charge in [0.25, 0.3) is 0 Å². The standard InChI is InChI=1S/C16H25N3/c1-11-18-15(9-17-2)10-19(11)16-6-12-3-13(7-16)5-14(4-12)8-16/h10,12-14,17H,3-9H2,1-2H3. The zero-order valence-electron chi connectivity index (χ0n) is 12.2. The Morgan fingerprint density at radius 2 is 1.79 bits per heavy atom. The van der Waals surface area contributed by atoms with Crippen LogP contribution in [0.25, 0.3) is 0 Å². The summed E-state index contributed by atoms with van der Waals surface area (Å²) in [6.45, 7) is 3.08. The van der Waals surface area contributed by atoms with Crippen molar-refractivity contribution in [2.75, 3.05) is 7.05 Å². The molecule has 3 heteroatoms. The molecule has 4 fully saturated rings. The lowest BCUT2D eigenvalue weighted by molar-refractivity contribution is -0.0440. The van der Waals surface area contributed by atoms with Crippen molar-refractivity contribution >= 4 is 0 Å². The van der Waals surface area contributed by atoms with Crippen LogP contribution in [0.3, 0.4) is 0 Å². The molecule has 4 saturated carbocycles. The van der Waals surface area contributed by atoms with Gasteiger partial charge in [0.1, 0.15) is 5.82 Å². The molecule has 0 aromatic carbocycles. The van der Waals surface area contributed by atoms with E-state index in [-0.39, 0.29) is 0 Å². The molecule has 0 unspecified atom stereocenters. The maximum atomic E-state index is 4.76. The van der Waals surface area contributed by atoms with Gasteiger partial charge < -0.3 is 9.88 Å². The Morgan fingerprint density at radius 3 is 2.32 bits per heavy atom. The van der Waals surface area contributed by atoms with Crippen LogP contribution in [0.5, 0.6) is 0 Å². The smallest absolute Gasteiger partial charge is 0.106 e. The van der Waals surface area contributed by atoms with Crippen molar-refractivity contribution in [3.8, 4) is 0 Å². The molecular formula is C16H25N3. The summed E-state index contributed by atoms with van der Waals surface area (Å²) in [6.07, 6.45) is 11.1. The van der Waals surface area contributed by atoms with Crippen LogP contribution in [0.15, 0.2) is 6.20 Å². The van der Waals surface area contributed by atoms with Crippen LogP contribution < -0.4 is 5.32 Å². The van der Waals surface area contributed by atoms with Gasteiger partial charge in [0, 0.05) is 18.3 Å². The second-order valence-electron chi connectivity index (χ2n) is 7.32. The van der Waals surface area contributed by atoms with Crippen LogP contribution in [-0.2, 0) is 12.1 Å². The SMILES string of the molecule is CNCc1cn(C23CC4CC(CC(C4)C2)C3)c(C)n1. The summed E-state index contributed by atoms with van der Waals surface area (Å²) in [5.74, 6) is 4.23. The van der Waals surface area contributed by atoms with E-state index >= 15 is 0 Å². The number of hydrogen-bond acceptors (Lipinski definition) is 2. The fourth-order valence-corrected chi connectivity index (χ4v) is 5.64. The van der Waals surface area contributed by atoms with E-state index in [0.29, 0.717) is 5.54 Å². The van der Waals surface area contributed by atoms with Gasteiger partial charge in [-0.1, -0.05) is 0 Å². The molecule has 104 valence electrons. The number of nitrogens with one attached hydrogen (secondary N) is 1. The van der Waals surface area contributed by atoms with Crippen LogP contribution in [0.2, 0.25) is 0 Å². The first-order valence-electron chi connectivity index (χ1n) is 7.88. The molecule has 1 heterocycles. The molecule has 19 heavy (non-hydrogen) atoms. The molecule has 0 saturated heterocycles. The third-order valence-corrected chi connectivity index (χ3v) is 5.81. The summed E-state index contributed by atoms with van der Waals surface area (Å²) < 4.78 is 2.56. The highest BCUT2D eigenvalue weighted by atomic mass is 15.1. The quantitative estimate of drug-likeness (QED) is 0.904. The average molecular weight is 259 g/mol. The number of aryl methyl sites for hydroxylation is 1. The first kappa shape index (κ1) is 12.0. The zero-order chi connectivity index (χ0) is 13.0. The largest absolute Gasteiger partial charge is 0.329 e. The lowest BCUT2D eigenvalue weighted by atomic mass is 9.53. The number of hydrogen-bond donors (Lipinski definition) is 1. The molecule has 0 amide bonds. The Labute approximate surface area is 115 Å². The van der Waals surface area contributed by atoms with Crippen molar-refractivity contribution < 1.29 is 0 Å². The van der Waals surface area contributed by atoms with Crippen molar-refractivity contribution in [1.29, 1.82) is 0 Å². The summed E-state index contributed by atoms with van der Waals surface area (Å²) >= 11 is 0. The van der Waals surface area contributed by atoms with Gasteiger partial charge in [-0.15, -0.1) is 0 Å². The van der Waals surface area contributed by atoms with Gasteiger partial charge in [-0.05, 0) is 70.3 Å². The Kier molecular flexibility index (Phi) is 2.57. The molecule has 0 aliphatic heterocycles. The third kappa shape index (κ3) is 1.78. The fourth-order valence-electron chi connectivity index (χ4n) is 5.64. The van der Waals surface area contributed by atoms with Gasteiger partial charge >= 0.3 is 0 Å². The highest BCUT2D eigenvalue weighted by molar-refractivity contribution is 5.13. The molecule has 3 nitrogen and oxygen atoms in total. The zero-order valence-corrected chi connectivity index (χ0v) is 12.2. The Balaban J connectivity index is 1.71. The minimum Gasteiger partial charge on any atom is -0.329 e. The molecule has 4 aliphatic carbocycles. The van der Waals surface area contributed by atoms with Gasteiger partial charge in [0.2, 0.25) is 0 Å². The minimum atomic E-state index is 0.428. The number of imidazole rings is 1. The first-order valence-corrected chi connectivity index (χ1v) is 7.88. The van der Waals surface area contributed by atoms with E-state index in [9.17, 15) is 0 Å². The molecule has 1 aromatic rings. The predicted molar refractivity (Wildman–Crippen MR) is 75.9 cm³/mol. The number of nitrogens with zero attached hydrogens (tertiary/aromatic N) is 2. The average Bonchev–Trinajstić information content (AvgIpc) is 2.70. The van der Waals surface area contributed by atoms with Crippen LogP contribution in [0.1, 0.15) is 50.0 Å². The number of rotatable bonds is 3. The molecule has 1 aromatic heterocycles. The van der Waals surface area contributed by atoms with E-state index in [0.717, 1.165) is 24.3 Å². The molecular weight excluding hydrogens is 234 g/mol. The van der Waals surface area contributed by atoms with Crippen LogP contribution in [-0.4, -0.2) is 16.6 Å². The topological polar surface area (TPSA) is 29.9 Å². The van der Waals surface area contributed by atoms with E-state index in [1.54, 1.807) is 0 Å². The van der Waals surface area contributed by atoms with Gasteiger partial charge in [-0.2, -0.15) is 0 Å². The molecule has 0 atom stereocenters. The molecule has 4 aliphatic rings. The van der Waals surface area contributed by atoms with E-state index in [2.05, 4.69) is 23.0 Å². The van der Waals surface area contributed by atoms with Crippen molar-refractivity contribution in [3.05, 3.63) is 17.7 Å². The van der Waals surface area contributed by atoms with Gasteiger partial charge in [0.15, 0.2) is 0 Å². The summed E-state index contributed by atoms with van der Waals surface area (Å²) in [6, 6.07) is 0. The lowest BCUT2D eigenvalue weighted by Crippen LogP contribution is -2.51. The van der Waals surface area contributed by atoms with E-state index in [1.807, 2.05) is 7.05 Å². The van der Waals surface area contributed by atoms with E-state index in [1.165, 1.54) is 50.0 Å². The Bertz CT molecular complexity index is 453. The molecule has 0 radical (unpaired) electrons. The molecule has 5 rings (SSSR count).